The Morgan fingerprint density at radius 2 is 1.70 bits per heavy atom. The van der Waals surface area contributed by atoms with E-state index in [1.807, 2.05) is 20.8 Å². The molecule has 0 bridgehead atoms. The van der Waals surface area contributed by atoms with Crippen LogP contribution in [0.2, 0.25) is 0 Å². The van der Waals surface area contributed by atoms with Crippen molar-refractivity contribution in [3.05, 3.63) is 66.0 Å². The van der Waals surface area contributed by atoms with Crippen LogP contribution in [0.3, 0.4) is 0 Å². The quantitative estimate of drug-likeness (QED) is 0.740. The maximum absolute atomic E-state index is 12.5. The lowest BCUT2D eigenvalue weighted by Crippen LogP contribution is -2.40. The van der Waals surface area contributed by atoms with E-state index in [-0.39, 0.29) is 17.4 Å². The van der Waals surface area contributed by atoms with Gasteiger partial charge in [-0.05, 0) is 73.7 Å². The first-order valence-electron chi connectivity index (χ1n) is 8.39. The minimum absolute atomic E-state index is 0.158. The Morgan fingerprint density at radius 1 is 0.963 bits per heavy atom. The number of nitrogens with one attached hydrogen (secondary N) is 2. The molecule has 0 fully saturated rings. The first-order valence-corrected chi connectivity index (χ1v) is 8.39. The highest BCUT2D eigenvalue weighted by Gasteiger charge is 2.15. The Morgan fingerprint density at radius 3 is 2.33 bits per heavy atom. The lowest BCUT2D eigenvalue weighted by Gasteiger charge is -2.20. The molecular weight excluding hydrogens is 344 g/mol. The number of anilines is 1. The average molecular weight is 364 g/mol. The smallest absolute Gasteiger partial charge is 0.255 e. The third-order valence-electron chi connectivity index (χ3n) is 3.62. The summed E-state index contributed by atoms with van der Waals surface area (Å²) in [7, 11) is 0. The van der Waals surface area contributed by atoms with E-state index in [1.54, 1.807) is 48.5 Å². The van der Waals surface area contributed by atoms with E-state index >= 15 is 0 Å². The highest BCUT2D eigenvalue weighted by atomic mass is 16.2. The highest BCUT2D eigenvalue weighted by molar-refractivity contribution is 6.05. The molecule has 2 aromatic carbocycles. The van der Waals surface area contributed by atoms with Crippen LogP contribution in [0, 0.1) is 0 Å². The molecule has 3 rings (SSSR count). The molecule has 2 N–H and O–H groups in total. The van der Waals surface area contributed by atoms with Gasteiger partial charge in [0.05, 0.1) is 5.69 Å². The number of carbonyl (C=O) groups is 2. The number of nitrogens with zero attached hydrogens (tertiary/aromatic N) is 4. The monoisotopic (exact) mass is 364 g/mol. The molecule has 8 heteroatoms. The number of tetrazole rings is 1. The van der Waals surface area contributed by atoms with E-state index in [4.69, 9.17) is 0 Å². The maximum atomic E-state index is 12.5. The van der Waals surface area contributed by atoms with Crippen molar-refractivity contribution in [1.29, 1.82) is 0 Å². The van der Waals surface area contributed by atoms with Crippen LogP contribution in [0.25, 0.3) is 5.69 Å². The molecule has 0 atom stereocenters. The van der Waals surface area contributed by atoms with Crippen molar-refractivity contribution in [1.82, 2.24) is 25.5 Å². The molecule has 1 heterocycles. The van der Waals surface area contributed by atoms with Crippen LogP contribution in [0.4, 0.5) is 5.69 Å². The third-order valence-corrected chi connectivity index (χ3v) is 3.62. The zero-order valence-electron chi connectivity index (χ0n) is 15.3. The number of aromatic nitrogens is 4. The molecule has 0 aliphatic rings. The van der Waals surface area contributed by atoms with Crippen molar-refractivity contribution in [3.8, 4) is 5.69 Å². The zero-order valence-corrected chi connectivity index (χ0v) is 15.3. The number of hydrogen-bond acceptors (Lipinski definition) is 5. The topological polar surface area (TPSA) is 102 Å². The molecule has 3 aromatic rings. The van der Waals surface area contributed by atoms with Crippen LogP contribution in [-0.2, 0) is 0 Å². The number of hydrogen-bond donors (Lipinski definition) is 2. The van der Waals surface area contributed by atoms with Gasteiger partial charge in [0.15, 0.2) is 0 Å². The average Bonchev–Trinajstić information content (AvgIpc) is 3.15. The van der Waals surface area contributed by atoms with Gasteiger partial charge in [-0.25, -0.2) is 4.68 Å². The van der Waals surface area contributed by atoms with Crippen LogP contribution in [0.1, 0.15) is 41.5 Å². The summed E-state index contributed by atoms with van der Waals surface area (Å²) < 4.78 is 1.47. The molecule has 0 radical (unpaired) electrons. The van der Waals surface area contributed by atoms with E-state index < -0.39 is 0 Å². The van der Waals surface area contributed by atoms with Crippen LogP contribution in [0.15, 0.2) is 54.9 Å². The third kappa shape index (κ3) is 4.75. The standard InChI is InChI=1S/C19H20N6O2/c1-19(2,3)22-18(27)13-7-9-15(10-8-13)21-17(26)14-5-4-6-16(11-14)25-12-20-23-24-25/h4-12H,1-3H3,(H,21,26)(H,22,27). The van der Waals surface area contributed by atoms with Gasteiger partial charge in [-0.15, -0.1) is 5.10 Å². The van der Waals surface area contributed by atoms with Crippen molar-refractivity contribution >= 4 is 17.5 Å². The summed E-state index contributed by atoms with van der Waals surface area (Å²) in [4.78, 5) is 24.6. The first-order chi connectivity index (χ1) is 12.8. The van der Waals surface area contributed by atoms with E-state index in [2.05, 4.69) is 26.2 Å². The molecule has 2 amide bonds. The van der Waals surface area contributed by atoms with Crippen LogP contribution < -0.4 is 10.6 Å². The zero-order chi connectivity index (χ0) is 19.4. The van der Waals surface area contributed by atoms with E-state index in [1.165, 1.54) is 11.0 Å². The maximum Gasteiger partial charge on any atom is 0.255 e. The Bertz CT molecular complexity index is 943. The molecule has 27 heavy (non-hydrogen) atoms. The second-order valence-corrected chi connectivity index (χ2v) is 7.04. The van der Waals surface area contributed by atoms with E-state index in [0.29, 0.717) is 22.5 Å². The fraction of sp³-hybridized carbons (Fsp3) is 0.211. The fourth-order valence-electron chi connectivity index (χ4n) is 2.39. The van der Waals surface area contributed by atoms with Crippen molar-refractivity contribution in [2.75, 3.05) is 5.32 Å². The van der Waals surface area contributed by atoms with Crippen molar-refractivity contribution in [2.45, 2.75) is 26.3 Å². The van der Waals surface area contributed by atoms with Gasteiger partial charge in [-0.2, -0.15) is 0 Å². The van der Waals surface area contributed by atoms with Gasteiger partial charge in [-0.1, -0.05) is 6.07 Å². The van der Waals surface area contributed by atoms with E-state index in [0.717, 1.165) is 0 Å². The molecule has 0 aliphatic carbocycles. The molecule has 1 aromatic heterocycles. The molecular formula is C19H20N6O2. The Labute approximate surface area is 156 Å². The number of amides is 2. The summed E-state index contributed by atoms with van der Waals surface area (Å²) in [6.45, 7) is 5.76. The number of carbonyl (C=O) groups excluding carboxylic acids is 2. The molecule has 0 saturated heterocycles. The van der Waals surface area contributed by atoms with Crippen LogP contribution >= 0.6 is 0 Å². The molecule has 0 unspecified atom stereocenters. The Kier molecular flexibility index (Phi) is 4.98. The number of benzene rings is 2. The molecule has 8 nitrogen and oxygen atoms in total. The summed E-state index contributed by atoms with van der Waals surface area (Å²) in [5, 5.41) is 16.7. The molecule has 0 spiro atoms. The van der Waals surface area contributed by atoms with Gasteiger partial charge in [0, 0.05) is 22.4 Å². The summed E-state index contributed by atoms with van der Waals surface area (Å²) >= 11 is 0. The lowest BCUT2D eigenvalue weighted by molar-refractivity contribution is 0.0919. The lowest BCUT2D eigenvalue weighted by atomic mass is 10.1. The van der Waals surface area contributed by atoms with Gasteiger partial charge in [0.25, 0.3) is 11.8 Å². The van der Waals surface area contributed by atoms with Gasteiger partial charge >= 0.3 is 0 Å². The van der Waals surface area contributed by atoms with Crippen molar-refractivity contribution in [2.24, 2.45) is 0 Å². The van der Waals surface area contributed by atoms with Crippen molar-refractivity contribution in [3.63, 3.8) is 0 Å². The van der Waals surface area contributed by atoms with Crippen LogP contribution in [-0.4, -0.2) is 37.6 Å². The SMILES string of the molecule is CC(C)(C)NC(=O)c1ccc(NC(=O)c2cccc(-n3cnnn3)c2)cc1. The van der Waals surface area contributed by atoms with Gasteiger partial charge in [0.1, 0.15) is 6.33 Å². The summed E-state index contributed by atoms with van der Waals surface area (Å²) in [6, 6.07) is 13.7. The van der Waals surface area contributed by atoms with Gasteiger partial charge < -0.3 is 10.6 Å². The predicted molar refractivity (Wildman–Crippen MR) is 101 cm³/mol. The summed E-state index contributed by atoms with van der Waals surface area (Å²) in [5.41, 5.74) is 1.97. The van der Waals surface area contributed by atoms with Gasteiger partial charge in [-0.3, -0.25) is 9.59 Å². The summed E-state index contributed by atoms with van der Waals surface area (Å²) in [5.74, 6) is -0.425. The minimum atomic E-state index is -0.311. The normalized spacial score (nSPS) is 11.1. The second-order valence-electron chi connectivity index (χ2n) is 7.04. The van der Waals surface area contributed by atoms with Crippen LogP contribution in [0.5, 0.6) is 0 Å². The molecule has 138 valence electrons. The fourth-order valence-corrected chi connectivity index (χ4v) is 2.39. The van der Waals surface area contributed by atoms with Crippen molar-refractivity contribution < 1.29 is 9.59 Å². The van der Waals surface area contributed by atoms with Gasteiger partial charge in [0.2, 0.25) is 0 Å². The number of rotatable bonds is 4. The largest absolute Gasteiger partial charge is 0.347 e. The minimum Gasteiger partial charge on any atom is -0.347 e. The Balaban J connectivity index is 1.70. The first kappa shape index (κ1) is 18.2. The van der Waals surface area contributed by atoms with E-state index in [9.17, 15) is 9.59 Å². The highest BCUT2D eigenvalue weighted by Crippen LogP contribution is 2.14. The second kappa shape index (κ2) is 7.36. The predicted octanol–water partition coefficient (Wildman–Crippen LogP) is 2.44. The Hall–Kier alpha value is -3.55. The molecule has 0 saturated carbocycles. The summed E-state index contributed by atoms with van der Waals surface area (Å²) in [6.07, 6.45) is 1.46. The molecule has 0 aliphatic heterocycles.